The molecule has 4 aromatic rings. The Balaban J connectivity index is 1.50. The van der Waals surface area contributed by atoms with Gasteiger partial charge in [0, 0.05) is 11.6 Å². The van der Waals surface area contributed by atoms with E-state index in [1.54, 1.807) is 17.1 Å². The van der Waals surface area contributed by atoms with E-state index >= 15 is 0 Å². The van der Waals surface area contributed by atoms with Gasteiger partial charge in [-0.05, 0) is 29.1 Å². The van der Waals surface area contributed by atoms with E-state index < -0.39 is 0 Å². The van der Waals surface area contributed by atoms with Gasteiger partial charge in [-0.2, -0.15) is 10.2 Å². The molecule has 0 saturated carbocycles. The average Bonchev–Trinajstić information content (AvgIpc) is 3.29. The highest BCUT2D eigenvalue weighted by molar-refractivity contribution is 7.12. The molecule has 0 unspecified atom stereocenters. The number of nitrogens with zero attached hydrogens (tertiary/aromatic N) is 3. The Hall–Kier alpha value is -2.64. The first-order chi connectivity index (χ1) is 11.7. The van der Waals surface area contributed by atoms with Gasteiger partial charge >= 0.3 is 0 Å². The van der Waals surface area contributed by atoms with E-state index in [9.17, 15) is 4.79 Å². The van der Waals surface area contributed by atoms with Gasteiger partial charge in [0.15, 0.2) is 5.82 Å². The molecule has 1 aromatic carbocycles. The number of hydrogen-bond acceptors (Lipinski definition) is 4. The summed E-state index contributed by atoms with van der Waals surface area (Å²) >= 11 is 7.24. The Morgan fingerprint density at radius 2 is 2.25 bits per heavy atom. The maximum Gasteiger partial charge on any atom is 0.266 e. The molecule has 24 heavy (non-hydrogen) atoms. The van der Waals surface area contributed by atoms with Gasteiger partial charge in [-0.1, -0.05) is 23.7 Å². The van der Waals surface area contributed by atoms with E-state index in [-0.39, 0.29) is 5.91 Å². The van der Waals surface area contributed by atoms with Crippen LogP contribution < -0.4 is 5.32 Å². The smallest absolute Gasteiger partial charge is 0.266 e. The van der Waals surface area contributed by atoms with Gasteiger partial charge in [0.1, 0.15) is 0 Å². The highest BCUT2D eigenvalue weighted by Crippen LogP contribution is 2.22. The standard InChI is InChI=1S/C16H12ClN5OS/c17-11-6-18-22(8-11)7-10-5-14(24-9-10)16(23)19-15-12-3-1-2-4-13(12)20-21-15/h1-6,8-9H,7H2,(H2,19,20,21,23). The van der Waals surface area contributed by atoms with Gasteiger partial charge in [0.05, 0.1) is 28.2 Å². The molecule has 3 heterocycles. The lowest BCUT2D eigenvalue weighted by molar-refractivity contribution is 0.103. The summed E-state index contributed by atoms with van der Waals surface area (Å²) in [5, 5.41) is 17.5. The zero-order valence-corrected chi connectivity index (χ0v) is 13.9. The van der Waals surface area contributed by atoms with Crippen LogP contribution in [0.4, 0.5) is 5.82 Å². The fourth-order valence-corrected chi connectivity index (χ4v) is 3.37. The van der Waals surface area contributed by atoms with E-state index in [0.29, 0.717) is 22.3 Å². The molecule has 0 aliphatic carbocycles. The van der Waals surface area contributed by atoms with Crippen molar-refractivity contribution in [2.45, 2.75) is 6.54 Å². The molecule has 0 atom stereocenters. The number of carbonyl (C=O) groups excluding carboxylic acids is 1. The highest BCUT2D eigenvalue weighted by atomic mass is 35.5. The minimum absolute atomic E-state index is 0.179. The van der Waals surface area contributed by atoms with Crippen molar-refractivity contribution in [3.05, 3.63) is 63.6 Å². The highest BCUT2D eigenvalue weighted by Gasteiger charge is 2.13. The van der Waals surface area contributed by atoms with Crippen molar-refractivity contribution in [1.29, 1.82) is 0 Å². The van der Waals surface area contributed by atoms with Crippen molar-refractivity contribution < 1.29 is 4.79 Å². The van der Waals surface area contributed by atoms with Crippen LogP contribution in [0.15, 0.2) is 48.1 Å². The number of benzene rings is 1. The van der Waals surface area contributed by atoms with Gasteiger partial charge in [-0.15, -0.1) is 11.3 Å². The molecule has 0 fully saturated rings. The number of aromatic nitrogens is 4. The number of nitrogens with one attached hydrogen (secondary N) is 2. The predicted molar refractivity (Wildman–Crippen MR) is 94.7 cm³/mol. The number of fused-ring (bicyclic) bond motifs is 1. The number of amides is 1. The molecular formula is C16H12ClN5OS. The third-order valence-corrected chi connectivity index (χ3v) is 4.70. The molecule has 3 aromatic heterocycles. The largest absolute Gasteiger partial charge is 0.304 e. The fourth-order valence-electron chi connectivity index (χ4n) is 2.42. The fraction of sp³-hybridized carbons (Fsp3) is 0.0625. The topological polar surface area (TPSA) is 75.6 Å². The van der Waals surface area contributed by atoms with Crippen molar-refractivity contribution in [2.75, 3.05) is 5.32 Å². The van der Waals surface area contributed by atoms with Crippen LogP contribution in [0.5, 0.6) is 0 Å². The summed E-state index contributed by atoms with van der Waals surface area (Å²) in [4.78, 5) is 13.0. The Bertz CT molecular complexity index is 1020. The zero-order chi connectivity index (χ0) is 16.5. The van der Waals surface area contributed by atoms with Crippen molar-refractivity contribution in [3.63, 3.8) is 0 Å². The third-order valence-electron chi connectivity index (χ3n) is 3.53. The summed E-state index contributed by atoms with van der Waals surface area (Å²) in [5.41, 5.74) is 1.88. The first-order valence-electron chi connectivity index (χ1n) is 7.19. The quantitative estimate of drug-likeness (QED) is 0.583. The van der Waals surface area contributed by atoms with Crippen LogP contribution in [0.25, 0.3) is 10.9 Å². The molecule has 120 valence electrons. The number of thiophene rings is 1. The molecule has 0 aliphatic heterocycles. The summed E-state index contributed by atoms with van der Waals surface area (Å²) in [6.07, 6.45) is 3.33. The second-order valence-electron chi connectivity index (χ2n) is 5.25. The molecule has 6 nitrogen and oxygen atoms in total. The Labute approximate surface area is 146 Å². The van der Waals surface area contributed by atoms with Crippen LogP contribution in [0, 0.1) is 0 Å². The lowest BCUT2D eigenvalue weighted by Gasteiger charge is -2.00. The van der Waals surface area contributed by atoms with Crippen LogP contribution in [0.3, 0.4) is 0 Å². The number of anilines is 1. The summed E-state index contributed by atoms with van der Waals surface area (Å²) in [7, 11) is 0. The van der Waals surface area contributed by atoms with Crippen LogP contribution in [0.1, 0.15) is 15.2 Å². The molecule has 4 rings (SSSR count). The van der Waals surface area contributed by atoms with Gasteiger partial charge in [0.25, 0.3) is 5.91 Å². The summed E-state index contributed by atoms with van der Waals surface area (Å²) in [6.45, 7) is 0.571. The van der Waals surface area contributed by atoms with Crippen molar-refractivity contribution in [3.8, 4) is 0 Å². The number of rotatable bonds is 4. The van der Waals surface area contributed by atoms with E-state index in [0.717, 1.165) is 16.5 Å². The molecule has 8 heteroatoms. The van der Waals surface area contributed by atoms with E-state index in [2.05, 4.69) is 20.6 Å². The van der Waals surface area contributed by atoms with Crippen LogP contribution >= 0.6 is 22.9 Å². The van der Waals surface area contributed by atoms with E-state index in [1.807, 2.05) is 35.7 Å². The Kier molecular flexibility index (Phi) is 3.79. The monoisotopic (exact) mass is 357 g/mol. The molecule has 0 bridgehead atoms. The maximum absolute atomic E-state index is 12.4. The van der Waals surface area contributed by atoms with Crippen molar-refractivity contribution in [2.24, 2.45) is 0 Å². The molecule has 1 amide bonds. The lowest BCUT2D eigenvalue weighted by atomic mass is 10.2. The van der Waals surface area contributed by atoms with Crippen molar-refractivity contribution in [1.82, 2.24) is 20.0 Å². The number of carbonyl (C=O) groups is 1. The first-order valence-corrected chi connectivity index (χ1v) is 8.44. The number of hydrogen-bond donors (Lipinski definition) is 2. The molecule has 0 saturated heterocycles. The average molecular weight is 358 g/mol. The van der Waals surface area contributed by atoms with Gasteiger partial charge in [-0.25, -0.2) is 0 Å². The number of H-pyrrole nitrogens is 1. The SMILES string of the molecule is O=C(Nc1n[nH]c2ccccc12)c1cc(Cn2cc(Cl)cn2)cs1. The maximum atomic E-state index is 12.4. The molecule has 0 aliphatic rings. The predicted octanol–water partition coefficient (Wildman–Crippen LogP) is 3.77. The molecule has 2 N–H and O–H groups in total. The van der Waals surface area contributed by atoms with Crippen LogP contribution in [-0.4, -0.2) is 25.9 Å². The lowest BCUT2D eigenvalue weighted by Crippen LogP contribution is -2.10. The van der Waals surface area contributed by atoms with Gasteiger partial charge in [0.2, 0.25) is 0 Å². The van der Waals surface area contributed by atoms with Crippen LogP contribution in [0.2, 0.25) is 5.02 Å². The Morgan fingerprint density at radius 3 is 3.08 bits per heavy atom. The van der Waals surface area contributed by atoms with Crippen molar-refractivity contribution >= 4 is 45.6 Å². The van der Waals surface area contributed by atoms with E-state index in [1.165, 1.54) is 11.3 Å². The minimum atomic E-state index is -0.179. The summed E-state index contributed by atoms with van der Waals surface area (Å²) in [6, 6.07) is 9.50. The third kappa shape index (κ3) is 2.91. The first kappa shape index (κ1) is 14.9. The summed E-state index contributed by atoms with van der Waals surface area (Å²) in [5.74, 6) is 0.353. The van der Waals surface area contributed by atoms with Crippen LogP contribution in [-0.2, 0) is 6.54 Å². The number of aromatic amines is 1. The second-order valence-corrected chi connectivity index (χ2v) is 6.59. The van der Waals surface area contributed by atoms with Gasteiger partial charge < -0.3 is 5.32 Å². The second kappa shape index (κ2) is 6.10. The minimum Gasteiger partial charge on any atom is -0.304 e. The normalized spacial score (nSPS) is 11.0. The summed E-state index contributed by atoms with van der Waals surface area (Å²) < 4.78 is 1.73. The number of para-hydroxylation sites is 1. The molecular weight excluding hydrogens is 346 g/mol. The van der Waals surface area contributed by atoms with E-state index in [4.69, 9.17) is 11.6 Å². The van der Waals surface area contributed by atoms with Gasteiger partial charge in [-0.3, -0.25) is 14.6 Å². The number of halogens is 1. The Morgan fingerprint density at radius 1 is 1.38 bits per heavy atom. The molecule has 0 spiro atoms. The molecule has 0 radical (unpaired) electrons. The zero-order valence-electron chi connectivity index (χ0n) is 12.4.